The van der Waals surface area contributed by atoms with Crippen molar-refractivity contribution in [2.75, 3.05) is 13.1 Å². The number of nitrogens with one attached hydrogen (secondary N) is 2. The van der Waals surface area contributed by atoms with Crippen molar-refractivity contribution in [1.82, 2.24) is 15.2 Å². The molecule has 1 saturated heterocycles. The van der Waals surface area contributed by atoms with Crippen LogP contribution in [0.2, 0.25) is 0 Å². The monoisotopic (exact) mass is 429 g/mol. The molecule has 162 valence electrons. The van der Waals surface area contributed by atoms with Crippen LogP contribution in [-0.2, 0) is 12.7 Å². The van der Waals surface area contributed by atoms with Crippen molar-refractivity contribution >= 4 is 16.8 Å². The summed E-state index contributed by atoms with van der Waals surface area (Å²) in [5, 5.41) is 3.38. The molecule has 2 N–H and O–H groups in total. The molecule has 3 aromatic rings. The van der Waals surface area contributed by atoms with Gasteiger partial charge in [0, 0.05) is 42.8 Å². The number of alkyl halides is 3. The number of hydrogen-bond donors (Lipinski definition) is 2. The van der Waals surface area contributed by atoms with E-state index < -0.39 is 17.6 Å². The number of piperidine rings is 1. The zero-order valence-corrected chi connectivity index (χ0v) is 16.7. The Hall–Kier alpha value is -3.13. The van der Waals surface area contributed by atoms with Gasteiger partial charge < -0.3 is 10.3 Å². The van der Waals surface area contributed by atoms with Gasteiger partial charge in [-0.15, -0.1) is 0 Å². The number of rotatable bonds is 4. The Balaban J connectivity index is 1.35. The molecule has 0 aliphatic carbocycles. The van der Waals surface area contributed by atoms with E-state index in [0.29, 0.717) is 48.9 Å². The number of carbonyl (C=O) groups excluding carboxylic acids is 1. The molecule has 0 unspecified atom stereocenters. The summed E-state index contributed by atoms with van der Waals surface area (Å²) in [6.07, 6.45) is -1.59. The standard InChI is InChI=1S/C23H22F3N3O2/c24-23(25,26)16-5-3-4-15(12-16)14-29-10-8-17(9-11-29)28-22(31)19-13-27-20-7-2-1-6-18(20)21(19)30/h1-7,12-13,17H,8-11,14H2,(H,27,30)(H,28,31). The fraction of sp³-hybridized carbons (Fsp3) is 0.304. The minimum Gasteiger partial charge on any atom is -0.360 e. The number of H-pyrrole nitrogens is 1. The second kappa shape index (κ2) is 8.55. The molecule has 1 aromatic heterocycles. The lowest BCUT2D eigenvalue weighted by Crippen LogP contribution is -2.45. The van der Waals surface area contributed by atoms with E-state index in [2.05, 4.69) is 15.2 Å². The Kier molecular flexibility index (Phi) is 5.82. The van der Waals surface area contributed by atoms with Gasteiger partial charge in [0.25, 0.3) is 5.91 Å². The average molecular weight is 429 g/mol. The van der Waals surface area contributed by atoms with Crippen molar-refractivity contribution in [3.8, 4) is 0 Å². The van der Waals surface area contributed by atoms with Crippen LogP contribution >= 0.6 is 0 Å². The zero-order valence-electron chi connectivity index (χ0n) is 16.7. The number of carbonyl (C=O) groups is 1. The zero-order chi connectivity index (χ0) is 22.0. The minimum atomic E-state index is -4.35. The summed E-state index contributed by atoms with van der Waals surface area (Å²) in [6.45, 7) is 1.72. The highest BCUT2D eigenvalue weighted by atomic mass is 19.4. The van der Waals surface area contributed by atoms with E-state index in [1.54, 1.807) is 24.3 Å². The third kappa shape index (κ3) is 4.80. The van der Waals surface area contributed by atoms with Gasteiger partial charge in [-0.25, -0.2) is 0 Å². The third-order valence-corrected chi connectivity index (χ3v) is 5.62. The lowest BCUT2D eigenvalue weighted by atomic mass is 10.0. The Labute approximate surface area is 176 Å². The van der Waals surface area contributed by atoms with E-state index in [1.807, 2.05) is 6.07 Å². The van der Waals surface area contributed by atoms with E-state index >= 15 is 0 Å². The maximum Gasteiger partial charge on any atom is 0.416 e. The summed E-state index contributed by atoms with van der Waals surface area (Å²) in [4.78, 5) is 30.3. The summed E-state index contributed by atoms with van der Waals surface area (Å²) in [7, 11) is 0. The number of benzene rings is 2. The summed E-state index contributed by atoms with van der Waals surface area (Å²) < 4.78 is 38.7. The van der Waals surface area contributed by atoms with E-state index in [0.717, 1.165) is 6.07 Å². The van der Waals surface area contributed by atoms with Crippen LogP contribution < -0.4 is 10.7 Å². The molecule has 31 heavy (non-hydrogen) atoms. The molecule has 0 spiro atoms. The number of aromatic amines is 1. The van der Waals surface area contributed by atoms with Crippen molar-refractivity contribution in [2.45, 2.75) is 31.6 Å². The van der Waals surface area contributed by atoms with Gasteiger partial charge >= 0.3 is 6.18 Å². The molecule has 4 rings (SSSR count). The quantitative estimate of drug-likeness (QED) is 0.660. The largest absolute Gasteiger partial charge is 0.416 e. The molecule has 8 heteroatoms. The minimum absolute atomic E-state index is 0.0742. The van der Waals surface area contributed by atoms with Crippen molar-refractivity contribution in [3.63, 3.8) is 0 Å². The number of para-hydroxylation sites is 1. The number of pyridine rings is 1. The SMILES string of the molecule is O=C(NC1CCN(Cc2cccc(C(F)(F)F)c2)CC1)c1c[nH]c2ccccc2c1=O. The second-order valence-electron chi connectivity index (χ2n) is 7.80. The van der Waals surface area contributed by atoms with Gasteiger partial charge in [0.05, 0.1) is 5.56 Å². The van der Waals surface area contributed by atoms with Crippen LogP contribution in [0.25, 0.3) is 10.9 Å². The first kappa shape index (κ1) is 21.1. The fourth-order valence-corrected chi connectivity index (χ4v) is 3.94. The molecular weight excluding hydrogens is 407 g/mol. The lowest BCUT2D eigenvalue weighted by Gasteiger charge is -2.32. The molecule has 2 aromatic carbocycles. The second-order valence-corrected chi connectivity index (χ2v) is 7.80. The normalized spacial score (nSPS) is 15.8. The van der Waals surface area contributed by atoms with Gasteiger partial charge in [-0.2, -0.15) is 13.2 Å². The number of halogens is 3. The van der Waals surface area contributed by atoms with Crippen molar-refractivity contribution < 1.29 is 18.0 Å². The summed E-state index contributed by atoms with van der Waals surface area (Å²) in [6, 6.07) is 12.3. The predicted molar refractivity (Wildman–Crippen MR) is 112 cm³/mol. The number of hydrogen-bond acceptors (Lipinski definition) is 3. The Morgan fingerprint density at radius 3 is 2.58 bits per heavy atom. The van der Waals surface area contributed by atoms with Gasteiger partial charge in [0.15, 0.2) is 0 Å². The van der Waals surface area contributed by atoms with E-state index in [9.17, 15) is 22.8 Å². The van der Waals surface area contributed by atoms with E-state index in [4.69, 9.17) is 0 Å². The molecular formula is C23H22F3N3O2. The lowest BCUT2D eigenvalue weighted by molar-refractivity contribution is -0.137. The van der Waals surface area contributed by atoms with Gasteiger partial charge in [-0.3, -0.25) is 14.5 Å². The van der Waals surface area contributed by atoms with Crippen LogP contribution in [0.5, 0.6) is 0 Å². The summed E-state index contributed by atoms with van der Waals surface area (Å²) in [5.41, 5.74) is 0.402. The van der Waals surface area contributed by atoms with Crippen LogP contribution in [0.1, 0.15) is 34.3 Å². The molecule has 1 amide bonds. The first-order valence-electron chi connectivity index (χ1n) is 10.1. The topological polar surface area (TPSA) is 65.2 Å². The van der Waals surface area contributed by atoms with Crippen LogP contribution in [-0.4, -0.2) is 34.9 Å². The maximum absolute atomic E-state index is 12.9. The van der Waals surface area contributed by atoms with Crippen LogP contribution in [0.3, 0.4) is 0 Å². The Morgan fingerprint density at radius 1 is 1.10 bits per heavy atom. The molecule has 0 saturated carbocycles. The van der Waals surface area contributed by atoms with E-state index in [1.165, 1.54) is 18.3 Å². The van der Waals surface area contributed by atoms with Crippen LogP contribution in [0.4, 0.5) is 13.2 Å². The Morgan fingerprint density at radius 2 is 1.84 bits per heavy atom. The molecule has 5 nitrogen and oxygen atoms in total. The highest BCUT2D eigenvalue weighted by molar-refractivity contribution is 5.97. The first-order valence-corrected chi connectivity index (χ1v) is 10.1. The van der Waals surface area contributed by atoms with Gasteiger partial charge in [-0.05, 0) is 36.6 Å². The first-order chi connectivity index (χ1) is 14.8. The number of fused-ring (bicyclic) bond motifs is 1. The molecule has 1 aliphatic rings. The van der Waals surface area contributed by atoms with Crippen LogP contribution in [0.15, 0.2) is 59.5 Å². The summed E-state index contributed by atoms with van der Waals surface area (Å²) >= 11 is 0. The molecule has 1 fully saturated rings. The van der Waals surface area contributed by atoms with Gasteiger partial charge in [0.2, 0.25) is 5.43 Å². The maximum atomic E-state index is 12.9. The van der Waals surface area contributed by atoms with Gasteiger partial charge in [-0.1, -0.05) is 30.3 Å². The van der Waals surface area contributed by atoms with Crippen molar-refractivity contribution in [2.24, 2.45) is 0 Å². The smallest absolute Gasteiger partial charge is 0.360 e. The third-order valence-electron chi connectivity index (χ3n) is 5.62. The number of aromatic nitrogens is 1. The van der Waals surface area contributed by atoms with Crippen LogP contribution in [0, 0.1) is 0 Å². The van der Waals surface area contributed by atoms with Crippen molar-refractivity contribution in [3.05, 3.63) is 81.6 Å². The molecule has 1 aliphatic heterocycles. The van der Waals surface area contributed by atoms with Crippen molar-refractivity contribution in [1.29, 1.82) is 0 Å². The molecule has 2 heterocycles. The Bertz CT molecular complexity index is 1150. The molecule has 0 atom stereocenters. The van der Waals surface area contributed by atoms with Gasteiger partial charge in [0.1, 0.15) is 5.56 Å². The number of nitrogens with zero attached hydrogens (tertiary/aromatic N) is 1. The van der Waals surface area contributed by atoms with E-state index in [-0.39, 0.29) is 17.0 Å². The average Bonchev–Trinajstić information content (AvgIpc) is 2.75. The highest BCUT2D eigenvalue weighted by Crippen LogP contribution is 2.30. The molecule has 0 bridgehead atoms. The highest BCUT2D eigenvalue weighted by Gasteiger charge is 2.30. The molecule has 0 radical (unpaired) electrons. The number of likely N-dealkylation sites (tertiary alicyclic amines) is 1. The summed E-state index contributed by atoms with van der Waals surface area (Å²) in [5.74, 6) is -0.414. The predicted octanol–water partition coefficient (Wildman–Crippen LogP) is 3.94. The number of amides is 1. The fourth-order valence-electron chi connectivity index (χ4n) is 3.94.